The molecule has 14 N–H and O–H groups in total. The molecule has 138 heavy (non-hydrogen) atoms. The van der Waals surface area contributed by atoms with E-state index in [1.807, 2.05) is 65.4 Å². The summed E-state index contributed by atoms with van der Waals surface area (Å²) in [4.78, 5) is 260. The molecule has 47 heteroatoms. The number of nitrogens with one attached hydrogen (secondary N) is 6. The number of imide groups is 1. The summed E-state index contributed by atoms with van der Waals surface area (Å²) in [5, 5.41) is 40.3. The van der Waals surface area contributed by atoms with Crippen molar-refractivity contribution in [3.8, 4) is 11.5 Å². The lowest BCUT2D eigenvalue weighted by Gasteiger charge is -2.38. The van der Waals surface area contributed by atoms with Crippen LogP contribution in [0.15, 0.2) is 57.0 Å². The highest BCUT2D eigenvalue weighted by Crippen LogP contribution is 2.45. The van der Waals surface area contributed by atoms with Gasteiger partial charge in [-0.2, -0.15) is 0 Å². The Morgan fingerprint density at radius 3 is 1.33 bits per heavy atom. The summed E-state index contributed by atoms with van der Waals surface area (Å²) in [6, 6.07) is 2.00. The number of thioether (sulfide) groups is 2. The topological polar surface area (TPSA) is 589 Å². The number of primary amides is 1. The van der Waals surface area contributed by atoms with E-state index in [1.54, 1.807) is 25.9 Å². The molecule has 14 atom stereocenters. The number of likely N-dealkylation sites (tertiary alicyclic amines) is 2. The third-order valence-electron chi connectivity index (χ3n) is 24.6. The lowest BCUT2D eigenvalue weighted by Crippen LogP contribution is -2.58. The Labute approximate surface area is 820 Å². The first-order valence-corrected chi connectivity index (χ1v) is 53.0. The molecule has 2 unspecified atom stereocenters. The molecule has 764 valence electrons. The molecule has 0 saturated carbocycles. The standard InChI is InChI=1S/C91H134N14O27P2S4/c1-16-51(5)76(99-82(113)66-26-18-21-35-101(66)12)86(115)103(14)55(9)42-71(129-56(10)106)84-97-64(48-137-84)80(111)93-60(40-53(7)90(119)120)43-58-31-33-69(131-133(123,124)125)62(45-58)95-74(109)29-24-38-135-78-79(89(118)105(88(78)117)37-23-20-28-73(92)108)136-39-25-30-75(110)96-63-46-59(32-34-70(63)132-134(126,127)128)44-61(41-54(8)91(121)122)94-81(112)65-49-138-85(98-65)72(130-57(11)107)47-68(50(3)4)104(15)87(116)77(52(6)17-2)100-83(114)67-27-19-22-36-102(67)13/h31-34,45-46,48-55,60-61,66-68,71-72,76-77H,16-30,35-44,47H2,1-15H3,(H2,92,108)(H,93,111)(H,94,112)(H,95,109)(H,96,110)(H,99,113)(H,100,114)(H,119,120)(H,121,122)(H2,123,124,125)(H2,126,127,128)/t51-,52-,53?,54?,55-,60+,61+,66+,67+,68+,71+,72+,76-,77-/m0/s1. The third-order valence-corrected chi connectivity index (χ3v) is 29.8. The van der Waals surface area contributed by atoms with Gasteiger partial charge in [-0.25, -0.2) is 19.1 Å². The monoisotopic (exact) mass is 2040 g/mol. The van der Waals surface area contributed by atoms with Crippen LogP contribution in [0.1, 0.15) is 252 Å². The van der Waals surface area contributed by atoms with Crippen molar-refractivity contribution >= 4 is 162 Å². The van der Waals surface area contributed by atoms with Crippen molar-refractivity contribution in [2.75, 3.05) is 70.0 Å². The number of thiazole rings is 2. The van der Waals surface area contributed by atoms with Crippen molar-refractivity contribution in [1.29, 1.82) is 0 Å². The highest BCUT2D eigenvalue weighted by atomic mass is 32.2. The fraction of sp³-hybridized carbons (Fsp3) is 0.615. The first-order chi connectivity index (χ1) is 64.9. The molecule has 2 aromatic carbocycles. The maximum atomic E-state index is 14.6. The number of nitrogens with two attached hydrogens (primary N) is 1. The molecule has 2 aromatic heterocycles. The van der Waals surface area contributed by atoms with E-state index in [2.05, 4.69) is 41.9 Å². The van der Waals surface area contributed by atoms with Crippen LogP contribution >= 0.6 is 61.8 Å². The van der Waals surface area contributed by atoms with Crippen LogP contribution < -0.4 is 46.7 Å². The van der Waals surface area contributed by atoms with Gasteiger partial charge < -0.3 is 76.2 Å². The van der Waals surface area contributed by atoms with E-state index < -0.39 is 159 Å². The highest BCUT2D eigenvalue weighted by Gasteiger charge is 2.43. The van der Waals surface area contributed by atoms with E-state index in [0.717, 1.165) is 102 Å². The first-order valence-electron chi connectivity index (χ1n) is 46.2. The van der Waals surface area contributed by atoms with E-state index in [1.165, 1.54) is 67.6 Å². The van der Waals surface area contributed by atoms with E-state index in [9.17, 15) is 111 Å². The van der Waals surface area contributed by atoms with E-state index in [-0.39, 0.29) is 192 Å². The van der Waals surface area contributed by atoms with Gasteiger partial charge in [-0.05, 0) is 176 Å². The Morgan fingerprint density at radius 2 is 0.964 bits per heavy atom. The van der Waals surface area contributed by atoms with E-state index in [0.29, 0.717) is 36.8 Å². The van der Waals surface area contributed by atoms with Crippen molar-refractivity contribution < 1.29 is 129 Å². The van der Waals surface area contributed by atoms with Gasteiger partial charge in [-0.15, -0.1) is 46.2 Å². The molecule has 11 amide bonds. The van der Waals surface area contributed by atoms with E-state index in [4.69, 9.17) is 24.3 Å². The molecule has 0 bridgehead atoms. The zero-order chi connectivity index (χ0) is 102. The van der Waals surface area contributed by atoms with Crippen LogP contribution in [0.3, 0.4) is 0 Å². The molecule has 41 nitrogen and oxygen atoms in total. The van der Waals surface area contributed by atoms with Crippen LogP contribution in [0.25, 0.3) is 0 Å². The summed E-state index contributed by atoms with van der Waals surface area (Å²) in [7, 11) is -3.65. The number of benzene rings is 2. The molecular formula is C91H134N14O27P2S4. The third kappa shape index (κ3) is 35.8. The van der Waals surface area contributed by atoms with Crippen molar-refractivity contribution in [3.05, 3.63) is 89.5 Å². The summed E-state index contributed by atoms with van der Waals surface area (Å²) >= 11 is 3.87. The van der Waals surface area contributed by atoms with Crippen LogP contribution in [0.5, 0.6) is 11.5 Å². The number of likely N-dealkylation sites (N-methyl/N-ethyl adjacent to an activating group) is 4. The maximum Gasteiger partial charge on any atom is 0.524 e. The molecule has 2 fully saturated rings. The number of esters is 2. The molecule has 0 radical (unpaired) electrons. The number of hydrogen-bond donors (Lipinski definition) is 13. The minimum Gasteiger partial charge on any atom is -0.481 e. The van der Waals surface area contributed by atoms with Crippen molar-refractivity contribution in [1.82, 2.24) is 55.7 Å². The van der Waals surface area contributed by atoms with Gasteiger partial charge in [-0.1, -0.05) is 93.2 Å². The fourth-order valence-electron chi connectivity index (χ4n) is 16.3. The van der Waals surface area contributed by atoms with Gasteiger partial charge in [0.2, 0.25) is 41.4 Å². The average Bonchev–Trinajstić information content (AvgIpc) is 1.62. The minimum atomic E-state index is -5.31. The number of aromatic nitrogens is 2. The molecular weight excluding hydrogens is 1910 g/mol. The highest BCUT2D eigenvalue weighted by molar-refractivity contribution is 8.08. The number of phosphoric acid groups is 2. The summed E-state index contributed by atoms with van der Waals surface area (Å²) in [5.41, 5.74) is 5.21. The number of unbranched alkanes of at least 4 members (excludes halogenated alkanes) is 1. The largest absolute Gasteiger partial charge is 0.524 e. The molecule has 0 aliphatic carbocycles. The van der Waals surface area contributed by atoms with Gasteiger partial charge in [0.1, 0.15) is 33.5 Å². The number of hydrogen-bond acceptors (Lipinski definition) is 29. The number of carbonyl (C=O) groups is 15. The molecule has 5 heterocycles. The van der Waals surface area contributed by atoms with Gasteiger partial charge in [-0.3, -0.25) is 106 Å². The number of amides is 11. The number of ether oxygens (including phenoxy) is 2. The van der Waals surface area contributed by atoms with Crippen molar-refractivity contribution in [3.63, 3.8) is 0 Å². The second-order valence-electron chi connectivity index (χ2n) is 36.0. The lowest BCUT2D eigenvalue weighted by atomic mass is 9.92. The Kier molecular flexibility index (Phi) is 45.3. The van der Waals surface area contributed by atoms with Gasteiger partial charge in [0.15, 0.2) is 23.7 Å². The van der Waals surface area contributed by atoms with Crippen LogP contribution in [0.2, 0.25) is 0 Å². The van der Waals surface area contributed by atoms with Crippen LogP contribution in [0.4, 0.5) is 11.4 Å². The zero-order valence-corrected chi connectivity index (χ0v) is 85.7. The van der Waals surface area contributed by atoms with E-state index >= 15 is 0 Å². The quantitative estimate of drug-likeness (QED) is 0.00846. The predicted octanol–water partition coefficient (Wildman–Crippen LogP) is 9.64. The number of carboxylic acids is 2. The number of rotatable bonds is 56. The van der Waals surface area contributed by atoms with Gasteiger partial charge in [0, 0.05) is 102 Å². The maximum absolute atomic E-state index is 14.6. The van der Waals surface area contributed by atoms with Crippen LogP contribution in [-0.2, 0) is 93.8 Å². The zero-order valence-electron chi connectivity index (χ0n) is 80.7. The predicted molar refractivity (Wildman–Crippen MR) is 518 cm³/mol. The second-order valence-corrected chi connectivity index (χ2v) is 42.3. The summed E-state index contributed by atoms with van der Waals surface area (Å²) in [6.45, 7) is 19.7. The molecule has 2 saturated heterocycles. The number of aliphatic carboxylic acids is 2. The number of anilines is 2. The molecule has 7 rings (SSSR count). The Balaban J connectivity index is 1.02. The number of carbonyl (C=O) groups excluding carboxylic acids is 13. The summed E-state index contributed by atoms with van der Waals surface area (Å²) in [5.74, 6) is -13.7. The first kappa shape index (κ1) is 115. The summed E-state index contributed by atoms with van der Waals surface area (Å²) < 4.78 is 46.2. The molecule has 3 aliphatic heterocycles. The second kappa shape index (κ2) is 54.3. The van der Waals surface area contributed by atoms with Crippen LogP contribution in [0, 0.1) is 29.6 Å². The Bertz CT molecular complexity index is 5090. The fourth-order valence-corrected chi connectivity index (χ4v) is 21.0. The Morgan fingerprint density at radius 1 is 0.558 bits per heavy atom. The van der Waals surface area contributed by atoms with Crippen molar-refractivity contribution in [2.24, 2.45) is 35.3 Å². The molecule has 4 aromatic rings. The number of phosphoric ester groups is 2. The van der Waals surface area contributed by atoms with Gasteiger partial charge >= 0.3 is 39.5 Å². The van der Waals surface area contributed by atoms with Crippen LogP contribution in [-0.4, -0.2) is 261 Å². The number of piperidine rings is 2. The molecule has 3 aliphatic rings. The normalized spacial score (nSPS) is 17.6. The molecule has 0 spiro atoms. The smallest absolute Gasteiger partial charge is 0.481 e. The SMILES string of the molecule is CC[C@H](C)[C@H](NC(=O)[C@H]1CCCCN1C)C(=O)N(C)[C@H](C[C@@H](OC(C)=O)c1nc(C(=O)N[C@@H](Cc2ccc(OP(=O)(O)O)c(NC(=O)CCCSC3=C(SCCCC(=O)Nc4cc(C[C@@H](CC(C)C(=O)O)NC(=O)c5csc([C@@H](C[C@H](C)N(C)C(=O)[C@@H](NC(=O)[C@H]6CCCCN6C)[C@@H](C)CC)OC(C)=O)n5)ccc4OP(=O)(O)O)C(=O)N(CCCCC(N)=O)C3=O)c2)CC(C)C(=O)O)cs1)C(C)C. The average molecular weight is 2050 g/mol. The lowest BCUT2D eigenvalue weighted by molar-refractivity contribution is -0.150. The van der Waals surface area contributed by atoms with Crippen molar-refractivity contribution in [2.45, 2.75) is 272 Å². The number of carboxylic acid groups (broad SMARTS) is 2. The number of nitrogens with zero attached hydrogens (tertiary/aromatic N) is 7. The minimum absolute atomic E-state index is 0.00865. The van der Waals surface area contributed by atoms with Gasteiger partial charge in [0.05, 0.1) is 45.1 Å². The Hall–Kier alpha value is -9.79. The van der Waals surface area contributed by atoms with Gasteiger partial charge in [0.25, 0.3) is 23.6 Å². The summed E-state index contributed by atoms with van der Waals surface area (Å²) in [6.07, 6.45) is 3.23.